The predicted molar refractivity (Wildman–Crippen MR) is 98.0 cm³/mol. The lowest BCUT2D eigenvalue weighted by Crippen LogP contribution is -2.02. The van der Waals surface area contributed by atoms with Gasteiger partial charge in [0.05, 0.1) is 17.6 Å². The Morgan fingerprint density at radius 1 is 1.11 bits per heavy atom. The average Bonchev–Trinajstić information content (AvgIpc) is 3.59. The van der Waals surface area contributed by atoms with E-state index in [-0.39, 0.29) is 5.69 Å². The van der Waals surface area contributed by atoms with Crippen molar-refractivity contribution in [2.75, 3.05) is 0 Å². The molecule has 140 valence electrons. The van der Waals surface area contributed by atoms with Gasteiger partial charge in [0, 0.05) is 18.5 Å². The normalized spacial score (nSPS) is 18.8. The van der Waals surface area contributed by atoms with Crippen LogP contribution in [0.4, 0.5) is 0 Å². The summed E-state index contributed by atoms with van der Waals surface area (Å²) in [5.41, 5.74) is 6.91. The fourth-order valence-corrected chi connectivity index (χ4v) is 4.13. The van der Waals surface area contributed by atoms with Gasteiger partial charge in [-0.2, -0.15) is 10.2 Å². The highest BCUT2D eigenvalue weighted by Crippen LogP contribution is 2.53. The number of hydrogen-bond acceptors (Lipinski definition) is 5. The Kier molecular flexibility index (Phi) is 4.02. The second kappa shape index (κ2) is 6.55. The SMILES string of the molecule is O=C(O)c1cn(CCCCc2cc3c(nn2)CC(C2CC2)=C3C2CC2)nn1. The molecule has 2 aromatic heterocycles. The number of carboxylic acid groups (broad SMARTS) is 1. The zero-order valence-corrected chi connectivity index (χ0v) is 15.3. The molecule has 0 radical (unpaired) electrons. The number of fused-ring (bicyclic) bond motifs is 1. The van der Waals surface area contributed by atoms with E-state index >= 15 is 0 Å². The third kappa shape index (κ3) is 3.38. The standard InChI is InChI=1S/C20H23N5O2/c26-20(27)18-11-25(24-23-18)8-2-1-3-14-9-16-17(22-21-14)10-15(12-4-5-12)19(16)13-6-7-13/h9,11-13H,1-8,10H2,(H,26,27). The van der Waals surface area contributed by atoms with Gasteiger partial charge in [0.25, 0.3) is 0 Å². The molecule has 7 nitrogen and oxygen atoms in total. The Labute approximate surface area is 157 Å². The van der Waals surface area contributed by atoms with E-state index in [4.69, 9.17) is 5.11 Å². The first-order chi connectivity index (χ1) is 13.2. The van der Waals surface area contributed by atoms with Crippen molar-refractivity contribution in [3.63, 3.8) is 0 Å². The summed E-state index contributed by atoms with van der Waals surface area (Å²) in [6.07, 6.45) is 10.6. The van der Waals surface area contributed by atoms with Gasteiger partial charge in [-0.3, -0.25) is 4.68 Å². The molecule has 0 spiro atoms. The van der Waals surface area contributed by atoms with Gasteiger partial charge < -0.3 is 5.11 Å². The van der Waals surface area contributed by atoms with E-state index in [9.17, 15) is 4.79 Å². The molecule has 7 heteroatoms. The third-order valence-corrected chi connectivity index (χ3v) is 5.80. The van der Waals surface area contributed by atoms with Crippen molar-refractivity contribution in [1.29, 1.82) is 0 Å². The van der Waals surface area contributed by atoms with Crippen LogP contribution >= 0.6 is 0 Å². The maximum absolute atomic E-state index is 10.8. The van der Waals surface area contributed by atoms with E-state index in [2.05, 4.69) is 26.6 Å². The molecule has 0 unspecified atom stereocenters. The van der Waals surface area contributed by atoms with Crippen LogP contribution in [0.15, 0.2) is 17.8 Å². The molecule has 27 heavy (non-hydrogen) atoms. The number of aromatic nitrogens is 5. The maximum atomic E-state index is 10.8. The molecule has 3 aliphatic carbocycles. The van der Waals surface area contributed by atoms with Crippen molar-refractivity contribution < 1.29 is 9.90 Å². The molecule has 0 aromatic carbocycles. The second-order valence-corrected chi connectivity index (χ2v) is 7.99. The monoisotopic (exact) mass is 365 g/mol. The van der Waals surface area contributed by atoms with E-state index in [1.54, 1.807) is 15.8 Å². The first-order valence-corrected chi connectivity index (χ1v) is 9.91. The van der Waals surface area contributed by atoms with Crippen molar-refractivity contribution in [2.45, 2.75) is 57.9 Å². The quantitative estimate of drug-likeness (QED) is 0.723. The molecule has 1 N–H and O–H groups in total. The highest BCUT2D eigenvalue weighted by molar-refractivity contribution is 5.84. The van der Waals surface area contributed by atoms with Crippen LogP contribution in [-0.2, 0) is 19.4 Å². The smallest absolute Gasteiger partial charge is 0.358 e. The van der Waals surface area contributed by atoms with Crippen LogP contribution in [0.1, 0.15) is 66.0 Å². The van der Waals surface area contributed by atoms with E-state index in [1.807, 2.05) is 0 Å². The Balaban J connectivity index is 1.21. The topological polar surface area (TPSA) is 93.8 Å². The lowest BCUT2D eigenvalue weighted by molar-refractivity contribution is 0.0690. The van der Waals surface area contributed by atoms with Gasteiger partial charge >= 0.3 is 5.97 Å². The molecule has 2 saturated carbocycles. The Morgan fingerprint density at radius 2 is 1.93 bits per heavy atom. The fourth-order valence-electron chi connectivity index (χ4n) is 4.13. The molecule has 2 aromatic rings. The lowest BCUT2D eigenvalue weighted by atomic mass is 9.99. The Bertz CT molecular complexity index is 924. The molecule has 3 aliphatic rings. The molecular weight excluding hydrogens is 342 g/mol. The predicted octanol–water partition coefficient (Wildman–Crippen LogP) is 2.92. The second-order valence-electron chi connectivity index (χ2n) is 7.99. The van der Waals surface area contributed by atoms with Crippen molar-refractivity contribution in [2.24, 2.45) is 11.8 Å². The minimum Gasteiger partial charge on any atom is -0.476 e. The van der Waals surface area contributed by atoms with Crippen LogP contribution in [0.25, 0.3) is 5.57 Å². The summed E-state index contributed by atoms with van der Waals surface area (Å²) in [5, 5.41) is 25.4. The summed E-state index contributed by atoms with van der Waals surface area (Å²) in [6, 6.07) is 2.28. The van der Waals surface area contributed by atoms with E-state index in [0.29, 0.717) is 6.54 Å². The summed E-state index contributed by atoms with van der Waals surface area (Å²) in [6.45, 7) is 0.664. The van der Waals surface area contributed by atoms with Crippen LogP contribution in [0, 0.1) is 11.8 Å². The number of carbonyl (C=O) groups is 1. The number of rotatable bonds is 8. The fraction of sp³-hybridized carbons (Fsp3) is 0.550. The summed E-state index contributed by atoms with van der Waals surface area (Å²) < 4.78 is 1.59. The Hall–Kier alpha value is -2.57. The van der Waals surface area contributed by atoms with Gasteiger partial charge in [-0.05, 0) is 68.4 Å². The summed E-state index contributed by atoms with van der Waals surface area (Å²) >= 11 is 0. The maximum Gasteiger partial charge on any atom is 0.358 e. The average molecular weight is 365 g/mol. The number of hydrogen-bond donors (Lipinski definition) is 1. The lowest BCUT2D eigenvalue weighted by Gasteiger charge is -2.07. The summed E-state index contributed by atoms with van der Waals surface area (Å²) in [4.78, 5) is 10.8. The van der Waals surface area contributed by atoms with Gasteiger partial charge in [0.15, 0.2) is 5.69 Å². The van der Waals surface area contributed by atoms with E-state index in [0.717, 1.165) is 43.2 Å². The van der Waals surface area contributed by atoms with Crippen molar-refractivity contribution in [1.82, 2.24) is 25.2 Å². The first kappa shape index (κ1) is 16.6. The van der Waals surface area contributed by atoms with Crippen LogP contribution < -0.4 is 0 Å². The molecule has 2 heterocycles. The van der Waals surface area contributed by atoms with Gasteiger partial charge in [-0.25, -0.2) is 4.79 Å². The van der Waals surface area contributed by atoms with Crippen LogP contribution in [-0.4, -0.2) is 36.3 Å². The van der Waals surface area contributed by atoms with Gasteiger partial charge in [-0.15, -0.1) is 5.10 Å². The summed E-state index contributed by atoms with van der Waals surface area (Å²) in [5.74, 6) is 0.547. The zero-order chi connectivity index (χ0) is 18.4. The summed E-state index contributed by atoms with van der Waals surface area (Å²) in [7, 11) is 0. The number of carboxylic acids is 1. The van der Waals surface area contributed by atoms with Crippen LogP contribution in [0.3, 0.4) is 0 Å². The first-order valence-electron chi connectivity index (χ1n) is 9.91. The molecule has 0 saturated heterocycles. The van der Waals surface area contributed by atoms with Crippen LogP contribution in [0.2, 0.25) is 0 Å². The molecule has 0 bridgehead atoms. The number of unbranched alkanes of at least 4 members (excludes halogenated alkanes) is 1. The highest BCUT2D eigenvalue weighted by atomic mass is 16.4. The van der Waals surface area contributed by atoms with Crippen molar-refractivity contribution in [3.05, 3.63) is 40.5 Å². The molecule has 0 aliphatic heterocycles. The molecular formula is C20H23N5O2. The van der Waals surface area contributed by atoms with Gasteiger partial charge in [0.2, 0.25) is 0 Å². The van der Waals surface area contributed by atoms with Gasteiger partial charge in [-0.1, -0.05) is 10.8 Å². The largest absolute Gasteiger partial charge is 0.476 e. The minimum absolute atomic E-state index is 0.00894. The third-order valence-electron chi connectivity index (χ3n) is 5.80. The van der Waals surface area contributed by atoms with Gasteiger partial charge in [0.1, 0.15) is 0 Å². The molecule has 0 amide bonds. The molecule has 2 fully saturated rings. The molecule has 0 atom stereocenters. The zero-order valence-electron chi connectivity index (χ0n) is 15.3. The van der Waals surface area contributed by atoms with E-state index in [1.165, 1.54) is 43.1 Å². The highest BCUT2D eigenvalue weighted by Gasteiger charge is 2.40. The van der Waals surface area contributed by atoms with E-state index < -0.39 is 5.97 Å². The number of aryl methyl sites for hydroxylation is 2. The van der Waals surface area contributed by atoms with Crippen LogP contribution in [0.5, 0.6) is 0 Å². The molecule has 5 rings (SSSR count). The van der Waals surface area contributed by atoms with Crippen molar-refractivity contribution >= 4 is 11.5 Å². The number of nitrogens with zero attached hydrogens (tertiary/aromatic N) is 5. The number of aromatic carboxylic acids is 1. The number of allylic oxidation sites excluding steroid dienone is 2. The minimum atomic E-state index is -1.04. The van der Waals surface area contributed by atoms with Crippen molar-refractivity contribution in [3.8, 4) is 0 Å². The Morgan fingerprint density at radius 3 is 2.63 bits per heavy atom.